The summed E-state index contributed by atoms with van der Waals surface area (Å²) in [6.07, 6.45) is 3.92. The summed E-state index contributed by atoms with van der Waals surface area (Å²) >= 11 is 0. The normalized spacial score (nSPS) is 14.5. The van der Waals surface area contributed by atoms with E-state index in [1.54, 1.807) is 6.20 Å². The highest BCUT2D eigenvalue weighted by molar-refractivity contribution is 5.85. The van der Waals surface area contributed by atoms with Crippen molar-refractivity contribution in [2.45, 2.75) is 31.8 Å². The molecule has 2 aromatic carbocycles. The first-order chi connectivity index (χ1) is 19.4. The number of pyridine rings is 2. The number of likely N-dealkylation sites (tertiary alicyclic amines) is 1. The van der Waals surface area contributed by atoms with Crippen molar-refractivity contribution < 1.29 is 4.79 Å². The number of benzene rings is 2. The maximum Gasteiger partial charge on any atom is 0.221 e. The number of carbonyl (C=O) groups excluding carboxylic acids is 1. The summed E-state index contributed by atoms with van der Waals surface area (Å²) in [5, 5.41) is 0. The molecule has 3 aromatic heterocycles. The maximum absolute atomic E-state index is 11.5. The van der Waals surface area contributed by atoms with Gasteiger partial charge in [0.1, 0.15) is 11.3 Å². The van der Waals surface area contributed by atoms with Crippen LogP contribution in [0.3, 0.4) is 0 Å². The highest BCUT2D eigenvalue weighted by atomic mass is 16.1. The molecule has 40 heavy (non-hydrogen) atoms. The summed E-state index contributed by atoms with van der Waals surface area (Å²) in [5.41, 5.74) is 24.7. The van der Waals surface area contributed by atoms with Crippen LogP contribution in [0.5, 0.6) is 0 Å². The zero-order valence-electron chi connectivity index (χ0n) is 22.2. The van der Waals surface area contributed by atoms with Gasteiger partial charge in [-0.3, -0.25) is 14.3 Å². The Balaban J connectivity index is 1.42. The van der Waals surface area contributed by atoms with E-state index in [0.29, 0.717) is 23.3 Å². The molecule has 0 bridgehead atoms. The van der Waals surface area contributed by atoms with Gasteiger partial charge in [-0.15, -0.1) is 0 Å². The van der Waals surface area contributed by atoms with Crippen molar-refractivity contribution in [3.05, 3.63) is 90.1 Å². The number of primary amides is 1. The van der Waals surface area contributed by atoms with Crippen molar-refractivity contribution in [3.8, 4) is 28.3 Å². The van der Waals surface area contributed by atoms with Crippen LogP contribution < -0.4 is 17.2 Å². The molecule has 1 saturated heterocycles. The van der Waals surface area contributed by atoms with Gasteiger partial charge in [-0.2, -0.15) is 0 Å². The zero-order chi connectivity index (χ0) is 27.6. The fourth-order valence-electron chi connectivity index (χ4n) is 5.31. The molecule has 0 aliphatic carbocycles. The molecule has 5 aromatic rings. The summed E-state index contributed by atoms with van der Waals surface area (Å²) in [6.45, 7) is 2.93. The van der Waals surface area contributed by atoms with Crippen molar-refractivity contribution in [2.75, 3.05) is 18.8 Å². The Bertz CT molecular complexity index is 1670. The Morgan fingerprint density at radius 3 is 2.48 bits per heavy atom. The summed E-state index contributed by atoms with van der Waals surface area (Å²) in [6, 6.07) is 24.2. The minimum absolute atomic E-state index is 0.176. The van der Waals surface area contributed by atoms with Gasteiger partial charge in [0, 0.05) is 30.0 Å². The second-order valence-electron chi connectivity index (χ2n) is 10.4. The predicted octanol–water partition coefficient (Wildman–Crippen LogP) is 3.68. The Kier molecular flexibility index (Phi) is 6.98. The van der Waals surface area contributed by atoms with Gasteiger partial charge in [0.2, 0.25) is 5.91 Å². The highest BCUT2D eigenvalue weighted by Gasteiger charge is 2.20. The molecule has 9 heteroatoms. The quantitative estimate of drug-likeness (QED) is 0.290. The number of nitrogens with two attached hydrogens (primary N) is 3. The van der Waals surface area contributed by atoms with E-state index in [-0.39, 0.29) is 12.3 Å². The fraction of sp³-hybridized carbons (Fsp3) is 0.226. The van der Waals surface area contributed by atoms with Crippen LogP contribution >= 0.6 is 0 Å². The fourth-order valence-corrected chi connectivity index (χ4v) is 5.31. The number of imidazole rings is 1. The molecule has 4 heterocycles. The smallest absolute Gasteiger partial charge is 0.221 e. The van der Waals surface area contributed by atoms with E-state index in [1.165, 1.54) is 5.56 Å². The van der Waals surface area contributed by atoms with Crippen LogP contribution in [0.15, 0.2) is 79.0 Å². The number of anilines is 1. The van der Waals surface area contributed by atoms with Crippen molar-refractivity contribution in [3.63, 3.8) is 0 Å². The number of rotatable bonds is 7. The lowest BCUT2D eigenvalue weighted by Crippen LogP contribution is -2.39. The molecule has 1 amide bonds. The zero-order valence-corrected chi connectivity index (χ0v) is 22.2. The van der Waals surface area contributed by atoms with Gasteiger partial charge in [0.15, 0.2) is 11.5 Å². The van der Waals surface area contributed by atoms with E-state index in [9.17, 15) is 4.79 Å². The SMILES string of the molecule is NC(=O)Cc1cccc(-c2ccc3nc(-c4cccnc4N)n(-c4ccc(CN5CCC(N)CC5)cc4)c3n2)c1. The van der Waals surface area contributed by atoms with Crippen LogP contribution in [0.2, 0.25) is 0 Å². The Morgan fingerprint density at radius 1 is 0.925 bits per heavy atom. The molecule has 1 fully saturated rings. The Hall–Kier alpha value is -4.60. The largest absolute Gasteiger partial charge is 0.383 e. The van der Waals surface area contributed by atoms with E-state index in [4.69, 9.17) is 27.2 Å². The predicted molar refractivity (Wildman–Crippen MR) is 157 cm³/mol. The number of nitrogen functional groups attached to an aromatic ring is 1. The summed E-state index contributed by atoms with van der Waals surface area (Å²) in [7, 11) is 0. The minimum atomic E-state index is -0.371. The molecule has 0 saturated carbocycles. The standard InChI is InChI=1S/C31H32N8O/c32-23-12-15-38(16-13-23)19-20-6-8-24(9-7-20)39-30(25-5-2-14-35-29(25)34)37-27-11-10-26(36-31(27)39)22-4-1-3-21(17-22)18-28(33)40/h1-11,14,17,23H,12-13,15-16,18-19,32H2,(H2,33,40)(H2,34,35). The summed E-state index contributed by atoms with van der Waals surface area (Å²) in [5.74, 6) is 0.702. The van der Waals surface area contributed by atoms with Crippen LogP contribution in [-0.2, 0) is 17.8 Å². The number of fused-ring (bicyclic) bond motifs is 1. The molecule has 6 rings (SSSR count). The number of aromatic nitrogens is 4. The van der Waals surface area contributed by atoms with Crippen LogP contribution in [0.1, 0.15) is 24.0 Å². The number of hydrogen-bond donors (Lipinski definition) is 3. The topological polar surface area (TPSA) is 142 Å². The maximum atomic E-state index is 11.5. The molecule has 0 unspecified atom stereocenters. The summed E-state index contributed by atoms with van der Waals surface area (Å²) < 4.78 is 2.03. The van der Waals surface area contributed by atoms with E-state index in [2.05, 4.69) is 34.1 Å². The number of hydrogen-bond acceptors (Lipinski definition) is 7. The van der Waals surface area contributed by atoms with Gasteiger partial charge in [0.05, 0.1) is 17.7 Å². The van der Waals surface area contributed by atoms with Crippen LogP contribution in [0.4, 0.5) is 5.82 Å². The number of carbonyl (C=O) groups is 1. The second kappa shape index (κ2) is 10.9. The van der Waals surface area contributed by atoms with Crippen LogP contribution in [-0.4, -0.2) is 49.5 Å². The second-order valence-corrected chi connectivity index (χ2v) is 10.4. The van der Waals surface area contributed by atoms with Gasteiger partial charge in [-0.1, -0.05) is 30.3 Å². The number of piperidine rings is 1. The van der Waals surface area contributed by atoms with Gasteiger partial charge in [-0.05, 0) is 79.5 Å². The van der Waals surface area contributed by atoms with Crippen molar-refractivity contribution in [1.29, 1.82) is 0 Å². The average Bonchev–Trinajstić information content (AvgIpc) is 3.33. The van der Waals surface area contributed by atoms with Crippen LogP contribution in [0, 0.1) is 0 Å². The molecule has 202 valence electrons. The molecule has 0 radical (unpaired) electrons. The van der Waals surface area contributed by atoms with Gasteiger partial charge in [0.25, 0.3) is 0 Å². The summed E-state index contributed by atoms with van der Waals surface area (Å²) in [4.78, 5) is 28.2. The van der Waals surface area contributed by atoms with Gasteiger partial charge >= 0.3 is 0 Å². The lowest BCUT2D eigenvalue weighted by atomic mass is 10.1. The molecule has 1 aliphatic heterocycles. The lowest BCUT2D eigenvalue weighted by molar-refractivity contribution is -0.117. The van der Waals surface area contributed by atoms with E-state index < -0.39 is 0 Å². The lowest BCUT2D eigenvalue weighted by Gasteiger charge is -2.30. The van der Waals surface area contributed by atoms with Crippen LogP contribution in [0.25, 0.3) is 39.5 Å². The van der Waals surface area contributed by atoms with Crippen molar-refractivity contribution >= 4 is 22.9 Å². The Morgan fingerprint density at radius 2 is 1.73 bits per heavy atom. The van der Waals surface area contributed by atoms with E-state index in [1.807, 2.05) is 53.1 Å². The monoisotopic (exact) mass is 532 g/mol. The van der Waals surface area contributed by atoms with E-state index >= 15 is 0 Å². The first-order valence-electron chi connectivity index (χ1n) is 13.5. The molecule has 9 nitrogen and oxygen atoms in total. The van der Waals surface area contributed by atoms with Crippen molar-refractivity contribution in [1.82, 2.24) is 24.4 Å². The number of amides is 1. The molecular formula is C31H32N8O. The Labute approximate surface area is 232 Å². The third kappa shape index (κ3) is 5.29. The molecule has 0 spiro atoms. The molecule has 0 atom stereocenters. The third-order valence-corrected chi connectivity index (χ3v) is 7.42. The third-order valence-electron chi connectivity index (χ3n) is 7.42. The first kappa shape index (κ1) is 25.7. The van der Waals surface area contributed by atoms with Gasteiger partial charge in [-0.25, -0.2) is 15.0 Å². The average molecular weight is 533 g/mol. The molecule has 1 aliphatic rings. The first-order valence-corrected chi connectivity index (χ1v) is 13.5. The highest BCUT2D eigenvalue weighted by Crippen LogP contribution is 2.32. The molecule has 6 N–H and O–H groups in total. The van der Waals surface area contributed by atoms with E-state index in [0.717, 1.165) is 66.1 Å². The van der Waals surface area contributed by atoms with Crippen molar-refractivity contribution in [2.24, 2.45) is 11.5 Å². The number of nitrogens with zero attached hydrogens (tertiary/aromatic N) is 5. The minimum Gasteiger partial charge on any atom is -0.383 e. The molecular weight excluding hydrogens is 500 g/mol. The van der Waals surface area contributed by atoms with Gasteiger partial charge < -0.3 is 17.2 Å².